The van der Waals surface area contributed by atoms with Gasteiger partial charge in [0.25, 0.3) is 0 Å². The third kappa shape index (κ3) is 1.65. The Labute approximate surface area is 75.4 Å². The highest BCUT2D eigenvalue weighted by Gasteiger charge is 1.94. The summed E-state index contributed by atoms with van der Waals surface area (Å²) in [4.78, 5) is 0. The Bertz CT molecular complexity index is 305. The van der Waals surface area contributed by atoms with Gasteiger partial charge in [0, 0.05) is 0 Å². The molecular formula is C10H10Si2. The van der Waals surface area contributed by atoms with Gasteiger partial charge in [0.15, 0.2) is 0 Å². The van der Waals surface area contributed by atoms with E-state index in [1.54, 1.807) is 0 Å². The molecule has 2 aromatic heterocycles. The van der Waals surface area contributed by atoms with E-state index in [9.17, 15) is 0 Å². The maximum Gasteiger partial charge on any atom is 0.0505 e. The molecule has 0 aliphatic heterocycles. The van der Waals surface area contributed by atoms with Crippen molar-refractivity contribution in [1.29, 1.82) is 0 Å². The van der Waals surface area contributed by atoms with Gasteiger partial charge >= 0.3 is 0 Å². The normalized spacial score (nSPS) is 9.67. The van der Waals surface area contributed by atoms with Crippen molar-refractivity contribution < 1.29 is 0 Å². The van der Waals surface area contributed by atoms with E-state index in [0.29, 0.717) is 0 Å². The summed E-state index contributed by atoms with van der Waals surface area (Å²) < 4.78 is 0. The van der Waals surface area contributed by atoms with E-state index < -0.39 is 0 Å². The van der Waals surface area contributed by atoms with E-state index in [2.05, 4.69) is 59.1 Å². The Balaban J connectivity index is 2.46. The minimum Gasteiger partial charge on any atom is -0.0772 e. The molecule has 58 valence electrons. The van der Waals surface area contributed by atoms with Gasteiger partial charge in [-0.25, -0.2) is 0 Å². The smallest absolute Gasteiger partial charge is 0.0505 e. The summed E-state index contributed by atoms with van der Waals surface area (Å²) in [5, 5.41) is 0. The first-order valence-electron chi connectivity index (χ1n) is 4.07. The molecule has 0 aliphatic carbocycles. The van der Waals surface area contributed by atoms with Gasteiger partial charge < -0.3 is 0 Å². The van der Waals surface area contributed by atoms with Gasteiger partial charge in [-0.1, -0.05) is 59.1 Å². The van der Waals surface area contributed by atoms with Crippen LogP contribution < -0.4 is 0 Å². The lowest BCUT2D eigenvalue weighted by molar-refractivity contribution is 1.84. The summed E-state index contributed by atoms with van der Waals surface area (Å²) in [6.45, 7) is 0. The fraction of sp³-hybridized carbons (Fsp3) is 0. The molecule has 0 fully saturated rings. The monoisotopic (exact) mass is 186 g/mol. The summed E-state index contributed by atoms with van der Waals surface area (Å²) in [5.74, 6) is 0. The van der Waals surface area contributed by atoms with Crippen molar-refractivity contribution in [2.24, 2.45) is 0 Å². The molecule has 0 nitrogen and oxygen atoms in total. The molecule has 0 saturated carbocycles. The average molecular weight is 186 g/mol. The molecule has 0 amide bonds. The van der Waals surface area contributed by atoms with Gasteiger partial charge in [-0.05, 0) is 0 Å². The molecule has 0 N–H and O–H groups in total. The van der Waals surface area contributed by atoms with Crippen LogP contribution in [0.25, 0.3) is 0 Å². The van der Waals surface area contributed by atoms with Gasteiger partial charge in [-0.15, -0.1) is 0 Å². The minimum atomic E-state index is -0.333. The molecule has 2 aromatic rings. The third-order valence-corrected chi connectivity index (χ3v) is 8.75. The van der Waals surface area contributed by atoms with Crippen molar-refractivity contribution in [3.8, 4) is 0 Å². The Morgan fingerprint density at radius 3 is 1.08 bits per heavy atom. The standard InChI is InChI=1S/C10H10Si2/c1-3-7-11(8-4-1)12-9-5-2-6-10-12/h1-10H. The fourth-order valence-electron chi connectivity index (χ4n) is 1.26. The van der Waals surface area contributed by atoms with Crippen LogP contribution in [0.5, 0.6) is 0 Å². The molecule has 0 spiro atoms. The van der Waals surface area contributed by atoms with Crippen molar-refractivity contribution in [3.05, 3.63) is 59.1 Å². The molecule has 0 unspecified atom stereocenters. The number of rotatable bonds is 1. The Morgan fingerprint density at radius 2 is 0.750 bits per heavy atom. The van der Waals surface area contributed by atoms with Crippen LogP contribution in [-0.2, 0) is 0 Å². The molecule has 0 aliphatic rings. The molecule has 2 heterocycles. The average Bonchev–Trinajstić information content (AvgIpc) is 2.21. The van der Waals surface area contributed by atoms with E-state index in [1.165, 1.54) is 0 Å². The number of hydrogen-bond donors (Lipinski definition) is 0. The second kappa shape index (κ2) is 3.69. The van der Waals surface area contributed by atoms with Crippen molar-refractivity contribution in [3.63, 3.8) is 0 Å². The first-order valence-corrected chi connectivity index (χ1v) is 8.38. The Morgan fingerprint density at radius 1 is 0.417 bits per heavy atom. The lowest BCUT2D eigenvalue weighted by Crippen LogP contribution is -2.10. The Hall–Kier alpha value is -0.866. The predicted molar refractivity (Wildman–Crippen MR) is 55.6 cm³/mol. The maximum absolute atomic E-state index is 2.39. The van der Waals surface area contributed by atoms with E-state index in [4.69, 9.17) is 0 Å². The van der Waals surface area contributed by atoms with Crippen LogP contribution in [-0.4, -0.2) is 15.8 Å². The summed E-state index contributed by atoms with van der Waals surface area (Å²) in [6.07, 6.45) is 0. The highest BCUT2D eigenvalue weighted by molar-refractivity contribution is 7.13. The maximum atomic E-state index is 2.39. The highest BCUT2D eigenvalue weighted by Crippen LogP contribution is 1.90. The van der Waals surface area contributed by atoms with Crippen LogP contribution in [0.4, 0.5) is 0 Å². The largest absolute Gasteiger partial charge is 0.0772 e. The second-order valence-electron chi connectivity index (χ2n) is 2.73. The predicted octanol–water partition coefficient (Wildman–Crippen LogP) is 2.05. The molecule has 0 radical (unpaired) electrons. The molecule has 0 bridgehead atoms. The zero-order valence-corrected chi connectivity index (χ0v) is 8.77. The van der Waals surface area contributed by atoms with E-state index in [0.717, 1.165) is 0 Å². The van der Waals surface area contributed by atoms with E-state index in [-0.39, 0.29) is 15.8 Å². The van der Waals surface area contributed by atoms with Gasteiger partial charge in [0.05, 0.1) is 15.8 Å². The van der Waals surface area contributed by atoms with E-state index in [1.807, 2.05) is 0 Å². The van der Waals surface area contributed by atoms with E-state index >= 15 is 0 Å². The van der Waals surface area contributed by atoms with Crippen LogP contribution in [0.15, 0.2) is 59.1 Å². The summed E-state index contributed by atoms with van der Waals surface area (Å²) in [6, 6.07) is 13.0. The zero-order chi connectivity index (χ0) is 8.23. The zero-order valence-electron chi connectivity index (χ0n) is 6.77. The lowest BCUT2D eigenvalue weighted by Gasteiger charge is -1.96. The highest BCUT2D eigenvalue weighted by atomic mass is 29.2. The van der Waals surface area contributed by atoms with Crippen molar-refractivity contribution in [2.75, 3.05) is 0 Å². The molecule has 2 heteroatoms. The molecule has 0 atom stereocenters. The lowest BCUT2D eigenvalue weighted by atomic mass is 10.6. The first-order chi connectivity index (χ1) is 5.97. The van der Waals surface area contributed by atoms with Crippen LogP contribution in [0.1, 0.15) is 0 Å². The molecular weight excluding hydrogens is 176 g/mol. The molecule has 0 aromatic carbocycles. The molecule has 12 heavy (non-hydrogen) atoms. The van der Waals surface area contributed by atoms with Gasteiger partial charge in [-0.3, -0.25) is 0 Å². The van der Waals surface area contributed by atoms with Crippen LogP contribution in [0.2, 0.25) is 0 Å². The quantitative estimate of drug-likeness (QED) is 0.598. The second-order valence-corrected chi connectivity index (χ2v) is 9.35. The van der Waals surface area contributed by atoms with Gasteiger partial charge in [0.2, 0.25) is 0 Å². The Kier molecular flexibility index (Phi) is 2.39. The molecule has 0 saturated heterocycles. The fourth-order valence-corrected chi connectivity index (χ4v) is 6.99. The SMILES string of the molecule is c1cc[si](-[si]2ccccc2)cc1. The van der Waals surface area contributed by atoms with Crippen molar-refractivity contribution in [2.45, 2.75) is 0 Å². The minimum absolute atomic E-state index is 0.333. The third-order valence-electron chi connectivity index (χ3n) is 1.88. The van der Waals surface area contributed by atoms with Gasteiger partial charge in [0.1, 0.15) is 0 Å². The topological polar surface area (TPSA) is 0 Å². The number of hydrogen-bond acceptors (Lipinski definition) is 0. The molecule has 2 rings (SSSR count). The van der Waals surface area contributed by atoms with Crippen molar-refractivity contribution in [1.82, 2.24) is 0 Å². The summed E-state index contributed by atoms with van der Waals surface area (Å²) >= 11 is 0. The summed E-state index contributed by atoms with van der Waals surface area (Å²) in [7, 11) is -0.666. The summed E-state index contributed by atoms with van der Waals surface area (Å²) in [5.41, 5.74) is 9.55. The van der Waals surface area contributed by atoms with Crippen LogP contribution in [0.3, 0.4) is 0 Å². The van der Waals surface area contributed by atoms with Crippen LogP contribution >= 0.6 is 0 Å². The van der Waals surface area contributed by atoms with Crippen LogP contribution in [0, 0.1) is 0 Å². The van der Waals surface area contributed by atoms with Gasteiger partial charge in [-0.2, -0.15) is 0 Å². The first kappa shape index (κ1) is 7.77. The van der Waals surface area contributed by atoms with Crippen molar-refractivity contribution >= 4 is 15.8 Å².